The molecule has 0 bridgehead atoms. The summed E-state index contributed by atoms with van der Waals surface area (Å²) in [4.78, 5) is 9.19. The van der Waals surface area contributed by atoms with Gasteiger partial charge in [0.1, 0.15) is 11.6 Å². The zero-order valence-electron chi connectivity index (χ0n) is 13.6. The van der Waals surface area contributed by atoms with Crippen molar-refractivity contribution in [3.05, 3.63) is 36.3 Å². The van der Waals surface area contributed by atoms with Crippen LogP contribution >= 0.6 is 0 Å². The second-order valence-electron chi connectivity index (χ2n) is 6.09. The van der Waals surface area contributed by atoms with E-state index in [1.165, 1.54) is 12.8 Å². The first-order valence-corrected chi connectivity index (χ1v) is 8.26. The van der Waals surface area contributed by atoms with Crippen LogP contribution in [0, 0.1) is 5.92 Å². The Hall–Kier alpha value is -2.54. The molecule has 0 radical (unpaired) electrons. The van der Waals surface area contributed by atoms with Crippen LogP contribution < -0.4 is 10.1 Å². The molecule has 4 rings (SSSR count). The predicted octanol–water partition coefficient (Wildman–Crippen LogP) is 1.76. The van der Waals surface area contributed by atoms with Crippen LogP contribution in [0.4, 0.5) is 0 Å². The van der Waals surface area contributed by atoms with E-state index in [9.17, 15) is 0 Å². The van der Waals surface area contributed by atoms with E-state index in [1.807, 2.05) is 24.3 Å². The second kappa shape index (κ2) is 6.52. The van der Waals surface area contributed by atoms with Crippen LogP contribution in [0.2, 0.25) is 0 Å². The maximum atomic E-state index is 5.20. The number of nitrogens with zero attached hydrogens (tertiary/aromatic N) is 5. The standard InChI is InChI=1S/C17H20N6O/c1-24-14-4-2-13(3-5-14)23-17-15(21-22-23)11-19-16(20-17)10-12-6-8-18-9-7-12/h2-5,11-12,18H,6-10H2,1H3. The van der Waals surface area contributed by atoms with E-state index in [1.54, 1.807) is 18.0 Å². The van der Waals surface area contributed by atoms with Gasteiger partial charge in [0, 0.05) is 6.42 Å². The third-order valence-corrected chi connectivity index (χ3v) is 4.49. The van der Waals surface area contributed by atoms with E-state index in [4.69, 9.17) is 9.72 Å². The molecule has 7 heteroatoms. The summed E-state index contributed by atoms with van der Waals surface area (Å²) in [6.07, 6.45) is 5.03. The highest BCUT2D eigenvalue weighted by Crippen LogP contribution is 2.20. The SMILES string of the molecule is COc1ccc(-n2nnc3cnc(CC4CCNCC4)nc32)cc1. The number of hydrogen-bond acceptors (Lipinski definition) is 6. The van der Waals surface area contributed by atoms with Crippen molar-refractivity contribution in [2.45, 2.75) is 19.3 Å². The maximum absolute atomic E-state index is 5.20. The number of piperidine rings is 1. The van der Waals surface area contributed by atoms with Crippen molar-refractivity contribution < 1.29 is 4.74 Å². The van der Waals surface area contributed by atoms with E-state index in [0.29, 0.717) is 11.4 Å². The minimum absolute atomic E-state index is 0.647. The predicted molar refractivity (Wildman–Crippen MR) is 90.3 cm³/mol. The minimum Gasteiger partial charge on any atom is -0.497 e. The Morgan fingerprint density at radius 3 is 2.75 bits per heavy atom. The molecular weight excluding hydrogens is 304 g/mol. The molecule has 3 aromatic rings. The number of benzene rings is 1. The van der Waals surface area contributed by atoms with E-state index < -0.39 is 0 Å². The number of aromatic nitrogens is 5. The second-order valence-corrected chi connectivity index (χ2v) is 6.09. The first-order chi connectivity index (χ1) is 11.8. The number of methoxy groups -OCH3 is 1. The van der Waals surface area contributed by atoms with Crippen LogP contribution in [0.25, 0.3) is 16.9 Å². The molecule has 0 spiro atoms. The summed E-state index contributed by atoms with van der Waals surface area (Å²) in [6.45, 7) is 2.16. The monoisotopic (exact) mass is 324 g/mol. The number of rotatable bonds is 4. The lowest BCUT2D eigenvalue weighted by atomic mass is 9.94. The molecule has 7 nitrogen and oxygen atoms in total. The van der Waals surface area contributed by atoms with Crippen LogP contribution in [-0.2, 0) is 6.42 Å². The van der Waals surface area contributed by atoms with Gasteiger partial charge in [-0.2, -0.15) is 4.68 Å². The molecule has 24 heavy (non-hydrogen) atoms. The largest absolute Gasteiger partial charge is 0.497 e. The molecule has 1 aromatic carbocycles. The summed E-state index contributed by atoms with van der Waals surface area (Å²) in [6, 6.07) is 7.70. The molecule has 1 N–H and O–H groups in total. The topological polar surface area (TPSA) is 77.8 Å². The van der Waals surface area contributed by atoms with E-state index in [-0.39, 0.29) is 0 Å². The molecule has 124 valence electrons. The molecule has 0 saturated carbocycles. The summed E-state index contributed by atoms with van der Waals surface area (Å²) >= 11 is 0. The fraction of sp³-hybridized carbons (Fsp3) is 0.412. The Bertz CT molecular complexity index is 823. The van der Waals surface area contributed by atoms with Gasteiger partial charge in [0.2, 0.25) is 0 Å². The molecule has 1 aliphatic heterocycles. The van der Waals surface area contributed by atoms with Crippen molar-refractivity contribution in [3.8, 4) is 11.4 Å². The molecule has 0 atom stereocenters. The van der Waals surface area contributed by atoms with Gasteiger partial charge in [-0.05, 0) is 56.1 Å². The van der Waals surface area contributed by atoms with E-state index >= 15 is 0 Å². The van der Waals surface area contributed by atoms with Crippen molar-refractivity contribution in [3.63, 3.8) is 0 Å². The summed E-state index contributed by atoms with van der Waals surface area (Å²) in [7, 11) is 1.65. The van der Waals surface area contributed by atoms with Gasteiger partial charge in [0.05, 0.1) is 19.0 Å². The van der Waals surface area contributed by atoms with Crippen molar-refractivity contribution in [2.24, 2.45) is 5.92 Å². The number of nitrogens with one attached hydrogen (secondary N) is 1. The van der Waals surface area contributed by atoms with Gasteiger partial charge in [0.25, 0.3) is 0 Å². The van der Waals surface area contributed by atoms with E-state index in [2.05, 4.69) is 20.6 Å². The summed E-state index contributed by atoms with van der Waals surface area (Å²) < 4.78 is 6.95. The molecule has 1 saturated heterocycles. The lowest BCUT2D eigenvalue weighted by Crippen LogP contribution is -2.29. The highest BCUT2D eigenvalue weighted by molar-refractivity contribution is 5.70. The summed E-state index contributed by atoms with van der Waals surface area (Å²) in [5, 5.41) is 11.8. The normalized spacial score (nSPS) is 15.7. The molecule has 1 aliphatic rings. The van der Waals surface area contributed by atoms with Crippen molar-refractivity contribution >= 4 is 11.2 Å². The highest BCUT2D eigenvalue weighted by Gasteiger charge is 2.16. The Morgan fingerprint density at radius 1 is 1.21 bits per heavy atom. The molecule has 2 aromatic heterocycles. The van der Waals surface area contributed by atoms with Crippen molar-refractivity contribution in [1.82, 2.24) is 30.3 Å². The average Bonchev–Trinajstić information content (AvgIpc) is 3.06. The first-order valence-electron chi connectivity index (χ1n) is 8.26. The highest BCUT2D eigenvalue weighted by atomic mass is 16.5. The van der Waals surface area contributed by atoms with Crippen molar-refractivity contribution in [2.75, 3.05) is 20.2 Å². The van der Waals surface area contributed by atoms with Crippen molar-refractivity contribution in [1.29, 1.82) is 0 Å². The summed E-state index contributed by atoms with van der Waals surface area (Å²) in [5.41, 5.74) is 2.36. The fourth-order valence-electron chi connectivity index (χ4n) is 3.10. The Balaban J connectivity index is 1.64. The summed E-state index contributed by atoms with van der Waals surface area (Å²) in [5.74, 6) is 2.32. The van der Waals surface area contributed by atoms with Gasteiger partial charge in [-0.25, -0.2) is 9.97 Å². The maximum Gasteiger partial charge on any atom is 0.187 e. The first kappa shape index (κ1) is 15.0. The Labute approximate surface area is 140 Å². The minimum atomic E-state index is 0.647. The van der Waals surface area contributed by atoms with Crippen LogP contribution in [-0.4, -0.2) is 45.2 Å². The quantitative estimate of drug-likeness (QED) is 0.788. The average molecular weight is 324 g/mol. The third kappa shape index (κ3) is 2.94. The Kier molecular flexibility index (Phi) is 4.08. The van der Waals surface area contributed by atoms with E-state index in [0.717, 1.165) is 42.4 Å². The fourth-order valence-corrected chi connectivity index (χ4v) is 3.10. The van der Waals surface area contributed by atoms with Gasteiger partial charge >= 0.3 is 0 Å². The number of ether oxygens (including phenoxy) is 1. The van der Waals surface area contributed by atoms with Gasteiger partial charge in [-0.1, -0.05) is 5.21 Å². The number of fused-ring (bicyclic) bond motifs is 1. The molecule has 0 aliphatic carbocycles. The molecule has 3 heterocycles. The lowest BCUT2D eigenvalue weighted by Gasteiger charge is -2.21. The smallest absolute Gasteiger partial charge is 0.187 e. The lowest BCUT2D eigenvalue weighted by molar-refractivity contribution is 0.367. The van der Waals surface area contributed by atoms with Crippen LogP contribution in [0.5, 0.6) is 5.75 Å². The van der Waals surface area contributed by atoms with Crippen LogP contribution in [0.1, 0.15) is 18.7 Å². The molecule has 0 unspecified atom stereocenters. The zero-order valence-corrected chi connectivity index (χ0v) is 13.6. The zero-order chi connectivity index (χ0) is 16.4. The molecule has 1 fully saturated rings. The van der Waals surface area contributed by atoms with Crippen LogP contribution in [0.3, 0.4) is 0 Å². The van der Waals surface area contributed by atoms with Gasteiger partial charge < -0.3 is 10.1 Å². The van der Waals surface area contributed by atoms with Gasteiger partial charge in [-0.15, -0.1) is 5.10 Å². The van der Waals surface area contributed by atoms with Crippen LogP contribution in [0.15, 0.2) is 30.5 Å². The molecular formula is C17H20N6O. The third-order valence-electron chi connectivity index (χ3n) is 4.49. The Morgan fingerprint density at radius 2 is 2.00 bits per heavy atom. The van der Waals surface area contributed by atoms with Gasteiger partial charge in [-0.3, -0.25) is 0 Å². The number of hydrogen-bond donors (Lipinski definition) is 1. The molecule has 0 amide bonds. The van der Waals surface area contributed by atoms with Gasteiger partial charge in [0.15, 0.2) is 11.2 Å².